The topological polar surface area (TPSA) is 38.8 Å². The number of carbonyl (C=O) groups is 1. The molecule has 4 nitrogen and oxygen atoms in total. The SMILES string of the molecule is COc1cc2c(cc1OC)C1c3cc(-c4ccccc4)ccc3C(=O)N(Cc3ccccc3)C1CC2. The van der Waals surface area contributed by atoms with E-state index in [-0.39, 0.29) is 17.9 Å². The van der Waals surface area contributed by atoms with E-state index in [2.05, 4.69) is 65.6 Å². The third-order valence-electron chi connectivity index (χ3n) is 7.66. The second-order valence-corrected chi connectivity index (χ2v) is 9.58. The minimum atomic E-state index is 0.0635. The Morgan fingerprint density at radius 2 is 1.47 bits per heavy atom. The molecule has 0 N–H and O–H groups in total. The summed E-state index contributed by atoms with van der Waals surface area (Å²) in [5.74, 6) is 1.65. The van der Waals surface area contributed by atoms with Gasteiger partial charge in [-0.25, -0.2) is 0 Å². The lowest BCUT2D eigenvalue weighted by Crippen LogP contribution is -2.49. The van der Waals surface area contributed by atoms with Crippen LogP contribution in [0, 0.1) is 0 Å². The van der Waals surface area contributed by atoms with E-state index in [1.165, 1.54) is 11.1 Å². The molecule has 6 rings (SSSR count). The van der Waals surface area contributed by atoms with Gasteiger partial charge >= 0.3 is 0 Å². The Balaban J connectivity index is 1.53. The summed E-state index contributed by atoms with van der Waals surface area (Å²) in [4.78, 5) is 16.0. The molecule has 2 atom stereocenters. The maximum atomic E-state index is 13.9. The minimum absolute atomic E-state index is 0.0635. The number of methoxy groups -OCH3 is 2. The number of rotatable bonds is 5. The van der Waals surface area contributed by atoms with Crippen LogP contribution in [-0.2, 0) is 13.0 Å². The Hall–Kier alpha value is -4.05. The molecule has 0 aromatic heterocycles. The molecule has 2 aliphatic rings. The van der Waals surface area contributed by atoms with Crippen LogP contribution in [-0.4, -0.2) is 31.1 Å². The largest absolute Gasteiger partial charge is 0.493 e. The molecule has 4 aromatic rings. The predicted octanol–water partition coefficient (Wildman–Crippen LogP) is 6.47. The van der Waals surface area contributed by atoms with Crippen molar-refractivity contribution in [1.29, 1.82) is 0 Å². The molecule has 0 spiro atoms. The van der Waals surface area contributed by atoms with Crippen molar-refractivity contribution in [3.63, 3.8) is 0 Å². The standard InChI is InChI=1S/C32H29NO3/c1-35-29-18-24-14-16-28-31(26(24)19-30(29)36-2)27-17-23(22-11-7-4-8-12-22)13-15-25(27)32(34)33(28)20-21-9-5-3-6-10-21/h3-13,15,17-19,28,31H,14,16,20H2,1-2H3. The zero-order valence-corrected chi connectivity index (χ0v) is 20.6. The van der Waals surface area contributed by atoms with Crippen LogP contribution in [0.5, 0.6) is 11.5 Å². The van der Waals surface area contributed by atoms with Crippen molar-refractivity contribution in [2.75, 3.05) is 14.2 Å². The summed E-state index contributed by atoms with van der Waals surface area (Å²) >= 11 is 0. The third kappa shape index (κ3) is 3.74. The Bertz CT molecular complexity index is 1410. The molecule has 1 heterocycles. The molecule has 36 heavy (non-hydrogen) atoms. The Morgan fingerprint density at radius 3 is 2.19 bits per heavy atom. The number of ether oxygens (including phenoxy) is 2. The van der Waals surface area contributed by atoms with Gasteiger partial charge in [-0.05, 0) is 70.5 Å². The second-order valence-electron chi connectivity index (χ2n) is 9.58. The Morgan fingerprint density at radius 1 is 0.778 bits per heavy atom. The van der Waals surface area contributed by atoms with Crippen LogP contribution in [0.1, 0.15) is 45.0 Å². The summed E-state index contributed by atoms with van der Waals surface area (Å²) in [6, 6.07) is 31.3. The lowest BCUT2D eigenvalue weighted by Gasteiger charge is -2.46. The molecule has 0 saturated heterocycles. The first-order chi connectivity index (χ1) is 17.7. The van der Waals surface area contributed by atoms with E-state index in [0.717, 1.165) is 52.2 Å². The van der Waals surface area contributed by atoms with Gasteiger partial charge in [-0.1, -0.05) is 66.7 Å². The van der Waals surface area contributed by atoms with Gasteiger partial charge in [0, 0.05) is 24.1 Å². The van der Waals surface area contributed by atoms with E-state index in [1.807, 2.05) is 30.3 Å². The van der Waals surface area contributed by atoms with Crippen LogP contribution in [0.15, 0.2) is 91.0 Å². The first-order valence-corrected chi connectivity index (χ1v) is 12.5. The first-order valence-electron chi connectivity index (χ1n) is 12.5. The average Bonchev–Trinajstić information content (AvgIpc) is 2.94. The molecule has 1 aliphatic heterocycles. The fourth-order valence-corrected chi connectivity index (χ4v) is 5.93. The first kappa shape index (κ1) is 22.4. The van der Waals surface area contributed by atoms with Crippen molar-refractivity contribution >= 4 is 5.91 Å². The summed E-state index contributed by atoms with van der Waals surface area (Å²) in [6.45, 7) is 0.601. The zero-order valence-electron chi connectivity index (χ0n) is 20.6. The Kier molecular flexibility index (Phi) is 5.73. The molecule has 0 saturated carbocycles. The van der Waals surface area contributed by atoms with E-state index in [9.17, 15) is 4.79 Å². The predicted molar refractivity (Wildman–Crippen MR) is 142 cm³/mol. The lowest BCUT2D eigenvalue weighted by atomic mass is 9.70. The fourth-order valence-electron chi connectivity index (χ4n) is 5.93. The van der Waals surface area contributed by atoms with Gasteiger partial charge in [-0.3, -0.25) is 4.79 Å². The highest BCUT2D eigenvalue weighted by atomic mass is 16.5. The van der Waals surface area contributed by atoms with Gasteiger partial charge < -0.3 is 14.4 Å². The molecular weight excluding hydrogens is 446 g/mol. The lowest BCUT2D eigenvalue weighted by molar-refractivity contribution is 0.0586. The highest BCUT2D eigenvalue weighted by Crippen LogP contribution is 2.48. The normalized spacial score (nSPS) is 18.2. The molecule has 4 heteroatoms. The van der Waals surface area contributed by atoms with Crippen molar-refractivity contribution < 1.29 is 14.3 Å². The minimum Gasteiger partial charge on any atom is -0.493 e. The van der Waals surface area contributed by atoms with Crippen molar-refractivity contribution in [2.24, 2.45) is 0 Å². The van der Waals surface area contributed by atoms with Crippen LogP contribution in [0.2, 0.25) is 0 Å². The van der Waals surface area contributed by atoms with Crippen LogP contribution < -0.4 is 9.47 Å². The molecule has 1 amide bonds. The number of nitrogens with zero attached hydrogens (tertiary/aromatic N) is 1. The monoisotopic (exact) mass is 475 g/mol. The van der Waals surface area contributed by atoms with Crippen molar-refractivity contribution in [2.45, 2.75) is 31.3 Å². The van der Waals surface area contributed by atoms with Gasteiger partial charge in [-0.2, -0.15) is 0 Å². The third-order valence-corrected chi connectivity index (χ3v) is 7.66. The van der Waals surface area contributed by atoms with Gasteiger partial charge in [0.05, 0.1) is 14.2 Å². The van der Waals surface area contributed by atoms with Crippen LogP contribution in [0.4, 0.5) is 0 Å². The molecule has 180 valence electrons. The van der Waals surface area contributed by atoms with E-state index in [0.29, 0.717) is 6.54 Å². The summed E-state index contributed by atoms with van der Waals surface area (Å²) in [5.41, 5.74) is 7.80. The summed E-state index contributed by atoms with van der Waals surface area (Å²) < 4.78 is 11.3. The van der Waals surface area contributed by atoms with Crippen LogP contribution in [0.25, 0.3) is 11.1 Å². The molecule has 0 fully saturated rings. The van der Waals surface area contributed by atoms with Gasteiger partial charge in [-0.15, -0.1) is 0 Å². The van der Waals surface area contributed by atoms with Gasteiger partial charge in [0.15, 0.2) is 11.5 Å². The fraction of sp³-hybridized carbons (Fsp3) is 0.219. The number of amides is 1. The van der Waals surface area contributed by atoms with Crippen molar-refractivity contribution in [1.82, 2.24) is 4.90 Å². The molecule has 0 radical (unpaired) electrons. The zero-order chi connectivity index (χ0) is 24.6. The highest BCUT2D eigenvalue weighted by molar-refractivity contribution is 5.98. The molecule has 0 bridgehead atoms. The van der Waals surface area contributed by atoms with E-state index < -0.39 is 0 Å². The van der Waals surface area contributed by atoms with Crippen LogP contribution >= 0.6 is 0 Å². The number of aryl methyl sites for hydroxylation is 1. The molecular formula is C32H29NO3. The molecule has 2 unspecified atom stereocenters. The number of hydrogen-bond donors (Lipinski definition) is 0. The average molecular weight is 476 g/mol. The van der Waals surface area contributed by atoms with E-state index in [4.69, 9.17) is 9.47 Å². The maximum Gasteiger partial charge on any atom is 0.254 e. The smallest absolute Gasteiger partial charge is 0.254 e. The summed E-state index contributed by atoms with van der Waals surface area (Å²) in [5, 5.41) is 0. The molecule has 1 aliphatic carbocycles. The summed E-state index contributed by atoms with van der Waals surface area (Å²) in [7, 11) is 3.36. The van der Waals surface area contributed by atoms with Gasteiger partial charge in [0.25, 0.3) is 5.91 Å². The van der Waals surface area contributed by atoms with Gasteiger partial charge in [0.1, 0.15) is 0 Å². The highest BCUT2D eigenvalue weighted by Gasteiger charge is 2.43. The maximum absolute atomic E-state index is 13.9. The summed E-state index contributed by atoms with van der Waals surface area (Å²) in [6.07, 6.45) is 1.80. The quantitative estimate of drug-likeness (QED) is 0.332. The van der Waals surface area contributed by atoms with Gasteiger partial charge in [0.2, 0.25) is 0 Å². The molecule has 4 aromatic carbocycles. The second kappa shape index (κ2) is 9.19. The Labute approximate surface area is 212 Å². The number of carbonyl (C=O) groups excluding carboxylic acids is 1. The van der Waals surface area contributed by atoms with E-state index >= 15 is 0 Å². The number of fused-ring (bicyclic) bond motifs is 5. The number of hydrogen-bond acceptors (Lipinski definition) is 3. The van der Waals surface area contributed by atoms with E-state index in [1.54, 1.807) is 14.2 Å². The van der Waals surface area contributed by atoms with Crippen LogP contribution in [0.3, 0.4) is 0 Å². The number of benzene rings is 4. The van der Waals surface area contributed by atoms with Crippen molar-refractivity contribution in [3.05, 3.63) is 119 Å². The van der Waals surface area contributed by atoms with Crippen molar-refractivity contribution in [3.8, 4) is 22.6 Å².